The van der Waals surface area contributed by atoms with Crippen LogP contribution in [0.1, 0.15) is 16.1 Å². The average Bonchev–Trinajstić information content (AvgIpc) is 3.48. The van der Waals surface area contributed by atoms with Crippen LogP contribution in [0, 0.1) is 12.7 Å². The van der Waals surface area contributed by atoms with Crippen molar-refractivity contribution in [3.05, 3.63) is 102 Å². The van der Waals surface area contributed by atoms with E-state index in [4.69, 9.17) is 0 Å². The lowest BCUT2D eigenvalue weighted by molar-refractivity contribution is 0.102. The Hall–Kier alpha value is -4.59. The van der Waals surface area contributed by atoms with Gasteiger partial charge in [0.15, 0.2) is 11.6 Å². The number of hydrogen-bond acceptors (Lipinski definition) is 4. The van der Waals surface area contributed by atoms with Crippen LogP contribution >= 0.6 is 0 Å². The zero-order valence-electron chi connectivity index (χ0n) is 17.7. The first-order valence-corrected chi connectivity index (χ1v) is 10.3. The van der Waals surface area contributed by atoms with Gasteiger partial charge in [-0.2, -0.15) is 10.2 Å². The molecule has 7 nitrogen and oxygen atoms in total. The van der Waals surface area contributed by atoms with Gasteiger partial charge in [-0.1, -0.05) is 54.6 Å². The number of carbonyl (C=O) groups excluding carboxylic acids is 1. The summed E-state index contributed by atoms with van der Waals surface area (Å²) in [5.74, 6) is 0.322. The van der Waals surface area contributed by atoms with Crippen LogP contribution in [-0.2, 0) is 0 Å². The van der Waals surface area contributed by atoms with Crippen molar-refractivity contribution in [2.45, 2.75) is 6.92 Å². The van der Waals surface area contributed by atoms with Crippen LogP contribution < -0.4 is 5.32 Å². The molecule has 0 aliphatic carbocycles. The van der Waals surface area contributed by atoms with E-state index in [0.29, 0.717) is 34.2 Å². The molecule has 0 radical (unpaired) electrons. The number of hydrogen-bond donors (Lipinski definition) is 2. The lowest BCUT2D eigenvalue weighted by Gasteiger charge is -2.10. The third-order valence-electron chi connectivity index (χ3n) is 5.28. The summed E-state index contributed by atoms with van der Waals surface area (Å²) >= 11 is 0. The molecule has 0 bridgehead atoms. The standard InChI is InChI=1S/C25H19FN6O/c1-16-19(15-27-32(16)22-14-8-6-12-20(22)26)25(33)28-21-13-7-5-11-18(21)24-29-23(30-31-24)17-9-3-2-4-10-17/h2-15H,1H3,(H,28,33)(H,29,30,31). The lowest BCUT2D eigenvalue weighted by atomic mass is 10.1. The number of aromatic nitrogens is 5. The van der Waals surface area contributed by atoms with Gasteiger partial charge in [0.1, 0.15) is 11.5 Å². The van der Waals surface area contributed by atoms with Crippen LogP contribution in [0.2, 0.25) is 0 Å². The van der Waals surface area contributed by atoms with E-state index >= 15 is 0 Å². The van der Waals surface area contributed by atoms with E-state index in [9.17, 15) is 9.18 Å². The number of anilines is 1. The van der Waals surface area contributed by atoms with Crippen LogP contribution in [0.15, 0.2) is 85.1 Å². The molecule has 0 saturated carbocycles. The number of H-pyrrole nitrogens is 1. The van der Waals surface area contributed by atoms with Crippen molar-refractivity contribution in [3.8, 4) is 28.5 Å². The number of rotatable bonds is 5. The van der Waals surface area contributed by atoms with Crippen molar-refractivity contribution in [2.75, 3.05) is 5.32 Å². The third kappa shape index (κ3) is 3.89. The SMILES string of the molecule is Cc1c(C(=O)Nc2ccccc2-c2nc(-c3ccccc3)n[nH]2)cnn1-c1ccccc1F. The maximum Gasteiger partial charge on any atom is 0.259 e. The molecular weight excluding hydrogens is 419 g/mol. The normalized spacial score (nSPS) is 10.8. The number of halogens is 1. The monoisotopic (exact) mass is 438 g/mol. The molecule has 2 aromatic heterocycles. The van der Waals surface area contributed by atoms with E-state index in [2.05, 4.69) is 25.6 Å². The fourth-order valence-electron chi connectivity index (χ4n) is 3.59. The first kappa shape index (κ1) is 20.3. The Balaban J connectivity index is 1.43. The fourth-order valence-corrected chi connectivity index (χ4v) is 3.59. The van der Waals surface area contributed by atoms with E-state index < -0.39 is 5.82 Å². The molecule has 5 rings (SSSR count). The molecule has 0 atom stereocenters. The molecule has 0 saturated heterocycles. The van der Waals surface area contributed by atoms with Crippen molar-refractivity contribution in [1.29, 1.82) is 0 Å². The van der Waals surface area contributed by atoms with Crippen molar-refractivity contribution >= 4 is 11.6 Å². The first-order valence-electron chi connectivity index (χ1n) is 10.3. The Morgan fingerprint density at radius 2 is 1.70 bits per heavy atom. The molecule has 2 N–H and O–H groups in total. The Bertz CT molecular complexity index is 1440. The molecule has 2 heterocycles. The summed E-state index contributed by atoms with van der Waals surface area (Å²) in [6.45, 7) is 1.73. The Morgan fingerprint density at radius 3 is 2.52 bits per heavy atom. The summed E-state index contributed by atoms with van der Waals surface area (Å²) in [5.41, 5.74) is 3.30. The summed E-state index contributed by atoms with van der Waals surface area (Å²) in [6, 6.07) is 23.2. The predicted octanol–water partition coefficient (Wildman–Crippen LogP) is 5.02. The van der Waals surface area contributed by atoms with Crippen LogP contribution in [0.5, 0.6) is 0 Å². The Kier molecular flexibility index (Phi) is 5.24. The maximum atomic E-state index is 14.2. The second kappa shape index (κ2) is 8.51. The largest absolute Gasteiger partial charge is 0.321 e. The zero-order valence-corrected chi connectivity index (χ0v) is 17.7. The second-order valence-corrected chi connectivity index (χ2v) is 7.38. The average molecular weight is 438 g/mol. The summed E-state index contributed by atoms with van der Waals surface area (Å²) in [4.78, 5) is 17.7. The number of benzene rings is 3. The minimum Gasteiger partial charge on any atom is -0.321 e. The van der Waals surface area contributed by atoms with E-state index in [0.717, 1.165) is 5.56 Å². The van der Waals surface area contributed by atoms with Gasteiger partial charge in [-0.3, -0.25) is 9.89 Å². The van der Waals surface area contributed by atoms with Gasteiger partial charge in [0, 0.05) is 11.1 Å². The highest BCUT2D eigenvalue weighted by Gasteiger charge is 2.19. The van der Waals surface area contributed by atoms with Gasteiger partial charge >= 0.3 is 0 Å². The summed E-state index contributed by atoms with van der Waals surface area (Å²) in [6.07, 6.45) is 1.43. The zero-order chi connectivity index (χ0) is 22.8. The van der Waals surface area contributed by atoms with Gasteiger partial charge in [-0.05, 0) is 31.2 Å². The van der Waals surface area contributed by atoms with Crippen LogP contribution in [0.3, 0.4) is 0 Å². The van der Waals surface area contributed by atoms with E-state index in [1.807, 2.05) is 48.5 Å². The Morgan fingerprint density at radius 1 is 0.970 bits per heavy atom. The number of nitrogens with one attached hydrogen (secondary N) is 2. The number of nitrogens with zero attached hydrogens (tertiary/aromatic N) is 4. The van der Waals surface area contributed by atoms with Crippen molar-refractivity contribution in [2.24, 2.45) is 0 Å². The van der Waals surface area contributed by atoms with Gasteiger partial charge < -0.3 is 5.32 Å². The second-order valence-electron chi connectivity index (χ2n) is 7.38. The molecule has 0 spiro atoms. The van der Waals surface area contributed by atoms with Crippen molar-refractivity contribution in [3.63, 3.8) is 0 Å². The van der Waals surface area contributed by atoms with Gasteiger partial charge in [0.05, 0.1) is 23.1 Å². The smallest absolute Gasteiger partial charge is 0.259 e. The third-order valence-corrected chi connectivity index (χ3v) is 5.28. The first-order chi connectivity index (χ1) is 16.1. The molecule has 162 valence electrons. The number of amides is 1. The molecule has 1 amide bonds. The summed E-state index contributed by atoms with van der Waals surface area (Å²) in [5, 5.41) is 14.4. The molecular formula is C25H19FN6O. The van der Waals surface area contributed by atoms with E-state index in [-0.39, 0.29) is 11.6 Å². The molecule has 5 aromatic rings. The van der Waals surface area contributed by atoms with Gasteiger partial charge in [0.25, 0.3) is 5.91 Å². The predicted molar refractivity (Wildman–Crippen MR) is 123 cm³/mol. The molecule has 3 aromatic carbocycles. The molecule has 0 fully saturated rings. The molecule has 33 heavy (non-hydrogen) atoms. The van der Waals surface area contributed by atoms with Crippen molar-refractivity contribution < 1.29 is 9.18 Å². The van der Waals surface area contributed by atoms with E-state index in [1.165, 1.54) is 16.9 Å². The van der Waals surface area contributed by atoms with Gasteiger partial charge in [-0.25, -0.2) is 14.1 Å². The number of para-hydroxylation sites is 2. The topological polar surface area (TPSA) is 88.5 Å². The highest BCUT2D eigenvalue weighted by Crippen LogP contribution is 2.27. The number of carbonyl (C=O) groups is 1. The molecule has 0 aliphatic heterocycles. The highest BCUT2D eigenvalue weighted by molar-refractivity contribution is 6.06. The minimum atomic E-state index is -0.416. The molecule has 8 heteroatoms. The lowest BCUT2D eigenvalue weighted by Crippen LogP contribution is -2.14. The maximum absolute atomic E-state index is 14.2. The summed E-state index contributed by atoms with van der Waals surface area (Å²) < 4.78 is 15.6. The van der Waals surface area contributed by atoms with Crippen LogP contribution in [-0.4, -0.2) is 30.9 Å². The number of aromatic amines is 1. The molecule has 0 unspecified atom stereocenters. The Labute approximate surface area is 188 Å². The van der Waals surface area contributed by atoms with Crippen molar-refractivity contribution in [1.82, 2.24) is 25.0 Å². The quantitative estimate of drug-likeness (QED) is 0.403. The van der Waals surface area contributed by atoms with E-state index in [1.54, 1.807) is 31.2 Å². The molecule has 0 aliphatic rings. The van der Waals surface area contributed by atoms with Crippen LogP contribution in [0.4, 0.5) is 10.1 Å². The minimum absolute atomic E-state index is 0.282. The highest BCUT2D eigenvalue weighted by atomic mass is 19.1. The van der Waals surface area contributed by atoms with Gasteiger partial charge in [-0.15, -0.1) is 0 Å². The fraction of sp³-hybridized carbons (Fsp3) is 0.0400. The van der Waals surface area contributed by atoms with Crippen LogP contribution in [0.25, 0.3) is 28.5 Å². The summed E-state index contributed by atoms with van der Waals surface area (Å²) in [7, 11) is 0. The van der Waals surface area contributed by atoms with Gasteiger partial charge in [0.2, 0.25) is 0 Å².